The lowest BCUT2D eigenvalue weighted by Gasteiger charge is -2.22. The summed E-state index contributed by atoms with van der Waals surface area (Å²) in [6.45, 7) is 2.20. The van der Waals surface area contributed by atoms with Crippen LogP contribution in [-0.2, 0) is 0 Å². The molecule has 2 rings (SSSR count). The fraction of sp³-hybridized carbons (Fsp3) is 0.400. The third kappa shape index (κ3) is 2.99. The number of nitrogens with zero attached hydrogens (tertiary/aromatic N) is 1. The Morgan fingerprint density at radius 2 is 2.15 bits per heavy atom. The van der Waals surface area contributed by atoms with Crippen LogP contribution in [0.5, 0.6) is 5.75 Å². The van der Waals surface area contributed by atoms with E-state index >= 15 is 0 Å². The summed E-state index contributed by atoms with van der Waals surface area (Å²) in [6.07, 6.45) is 3.77. The van der Waals surface area contributed by atoms with Crippen molar-refractivity contribution in [2.45, 2.75) is 18.2 Å². The number of hydrogen-bond acceptors (Lipinski definition) is 5. The van der Waals surface area contributed by atoms with E-state index in [-0.39, 0.29) is 17.9 Å². The summed E-state index contributed by atoms with van der Waals surface area (Å²) in [7, 11) is 1.67. The first-order valence-corrected chi connectivity index (χ1v) is 7.82. The maximum absolute atomic E-state index is 9.37. The molecule has 0 aliphatic rings. The lowest BCUT2D eigenvalue weighted by molar-refractivity contribution is 0.288. The van der Waals surface area contributed by atoms with E-state index in [9.17, 15) is 5.11 Å². The summed E-state index contributed by atoms with van der Waals surface area (Å²) in [5, 5.41) is 15.0. The lowest BCUT2D eigenvalue weighted by atomic mass is 10.1. The van der Waals surface area contributed by atoms with E-state index in [4.69, 9.17) is 4.74 Å². The van der Waals surface area contributed by atoms with Crippen LogP contribution in [0.15, 0.2) is 30.5 Å². The second-order valence-corrected chi connectivity index (χ2v) is 5.68. The molecule has 0 aliphatic carbocycles. The Balaban J connectivity index is 2.35. The number of nitrogens with one attached hydrogen (secondary N) is 1. The van der Waals surface area contributed by atoms with Crippen LogP contribution in [0.1, 0.15) is 6.92 Å². The molecule has 0 radical (unpaired) electrons. The number of fused-ring (bicyclic) bond motifs is 1. The molecule has 5 heteroatoms. The molecule has 2 unspecified atom stereocenters. The quantitative estimate of drug-likeness (QED) is 0.857. The third-order valence-electron chi connectivity index (χ3n) is 3.39. The smallest absolute Gasteiger partial charge is 0.134 e. The second kappa shape index (κ2) is 6.81. The van der Waals surface area contributed by atoms with Gasteiger partial charge < -0.3 is 15.2 Å². The number of aliphatic hydroxyl groups is 1. The minimum Gasteiger partial charge on any atom is -0.496 e. The molecule has 108 valence electrons. The largest absolute Gasteiger partial charge is 0.496 e. The number of thioether (sulfide) groups is 1. The molecule has 0 amide bonds. The molecule has 4 nitrogen and oxygen atoms in total. The van der Waals surface area contributed by atoms with Crippen molar-refractivity contribution in [3.05, 3.63) is 30.5 Å². The predicted molar refractivity (Wildman–Crippen MR) is 85.8 cm³/mol. The molecule has 1 aromatic heterocycles. The van der Waals surface area contributed by atoms with E-state index in [1.165, 1.54) is 0 Å². The summed E-state index contributed by atoms with van der Waals surface area (Å²) >= 11 is 1.65. The first kappa shape index (κ1) is 14.9. The Morgan fingerprint density at radius 3 is 2.80 bits per heavy atom. The minimum absolute atomic E-state index is 0.124. The number of rotatable bonds is 6. The minimum atomic E-state index is 0.124. The highest BCUT2D eigenvalue weighted by atomic mass is 32.2. The Hall–Kier alpha value is -1.46. The number of pyridine rings is 1. The van der Waals surface area contributed by atoms with Crippen LogP contribution >= 0.6 is 11.8 Å². The van der Waals surface area contributed by atoms with Gasteiger partial charge >= 0.3 is 0 Å². The predicted octanol–water partition coefficient (Wildman–Crippen LogP) is 2.77. The zero-order valence-corrected chi connectivity index (χ0v) is 12.8. The summed E-state index contributed by atoms with van der Waals surface area (Å²) in [6, 6.07) is 7.99. The molecule has 1 aromatic carbocycles. The van der Waals surface area contributed by atoms with Crippen LogP contribution in [-0.4, -0.2) is 41.4 Å². The second-order valence-electron chi connectivity index (χ2n) is 4.60. The maximum Gasteiger partial charge on any atom is 0.134 e. The van der Waals surface area contributed by atoms with E-state index < -0.39 is 0 Å². The zero-order chi connectivity index (χ0) is 14.5. The number of methoxy groups -OCH3 is 1. The molecule has 0 saturated carbocycles. The van der Waals surface area contributed by atoms with Gasteiger partial charge in [-0.25, -0.2) is 4.98 Å². The molecular weight excluding hydrogens is 272 g/mol. The van der Waals surface area contributed by atoms with Gasteiger partial charge in [0.2, 0.25) is 0 Å². The van der Waals surface area contributed by atoms with Crippen LogP contribution < -0.4 is 10.1 Å². The van der Waals surface area contributed by atoms with Gasteiger partial charge in [0.1, 0.15) is 11.6 Å². The van der Waals surface area contributed by atoms with Crippen molar-refractivity contribution in [2.24, 2.45) is 0 Å². The number of ether oxygens (including phenoxy) is 1. The summed E-state index contributed by atoms with van der Waals surface area (Å²) in [5.41, 5.74) is 0. The molecule has 0 fully saturated rings. The fourth-order valence-electron chi connectivity index (χ4n) is 2.22. The van der Waals surface area contributed by atoms with Gasteiger partial charge in [0, 0.05) is 28.3 Å². The number of aliphatic hydroxyl groups excluding tert-OH is 1. The average molecular weight is 292 g/mol. The molecule has 2 N–H and O–H groups in total. The van der Waals surface area contributed by atoms with Gasteiger partial charge in [0.05, 0.1) is 13.7 Å². The molecule has 0 aliphatic heterocycles. The third-order valence-corrected chi connectivity index (χ3v) is 4.55. The Kier molecular flexibility index (Phi) is 5.09. The van der Waals surface area contributed by atoms with Crippen molar-refractivity contribution in [3.8, 4) is 5.75 Å². The molecule has 0 bridgehead atoms. The fourth-order valence-corrected chi connectivity index (χ4v) is 2.84. The van der Waals surface area contributed by atoms with E-state index in [0.29, 0.717) is 0 Å². The molecule has 1 heterocycles. The molecular formula is C15H20N2O2S. The van der Waals surface area contributed by atoms with Crippen LogP contribution in [0.4, 0.5) is 5.82 Å². The van der Waals surface area contributed by atoms with E-state index in [0.717, 1.165) is 22.3 Å². The van der Waals surface area contributed by atoms with E-state index in [1.54, 1.807) is 25.1 Å². The molecule has 2 aromatic rings. The molecule has 0 spiro atoms. The average Bonchev–Trinajstić information content (AvgIpc) is 2.48. The normalized spacial score (nSPS) is 14.0. The monoisotopic (exact) mass is 292 g/mol. The number of benzene rings is 1. The lowest BCUT2D eigenvalue weighted by Crippen LogP contribution is -2.31. The summed E-state index contributed by atoms with van der Waals surface area (Å²) in [4.78, 5) is 4.42. The van der Waals surface area contributed by atoms with Gasteiger partial charge in [0.15, 0.2) is 0 Å². The van der Waals surface area contributed by atoms with Gasteiger partial charge in [0.25, 0.3) is 0 Å². The van der Waals surface area contributed by atoms with Crippen molar-refractivity contribution >= 4 is 28.4 Å². The Bertz CT molecular complexity index is 573. The molecule has 2 atom stereocenters. The van der Waals surface area contributed by atoms with Crippen molar-refractivity contribution in [3.63, 3.8) is 0 Å². The van der Waals surface area contributed by atoms with E-state index in [1.807, 2.05) is 30.5 Å². The first-order chi connectivity index (χ1) is 9.71. The number of aromatic nitrogens is 1. The topological polar surface area (TPSA) is 54.4 Å². The Morgan fingerprint density at radius 1 is 1.35 bits per heavy atom. The highest BCUT2D eigenvalue weighted by molar-refractivity contribution is 7.99. The first-order valence-electron chi connectivity index (χ1n) is 6.53. The van der Waals surface area contributed by atoms with Crippen LogP contribution in [0.25, 0.3) is 10.8 Å². The highest BCUT2D eigenvalue weighted by Gasteiger charge is 2.16. The van der Waals surface area contributed by atoms with Crippen LogP contribution in [0.2, 0.25) is 0 Å². The van der Waals surface area contributed by atoms with Crippen LogP contribution in [0, 0.1) is 0 Å². The number of anilines is 1. The van der Waals surface area contributed by atoms with Crippen molar-refractivity contribution in [1.82, 2.24) is 4.98 Å². The van der Waals surface area contributed by atoms with Crippen LogP contribution in [0.3, 0.4) is 0 Å². The van der Waals surface area contributed by atoms with Crippen molar-refractivity contribution in [2.75, 3.05) is 25.3 Å². The van der Waals surface area contributed by atoms with Gasteiger partial charge in [-0.3, -0.25) is 0 Å². The van der Waals surface area contributed by atoms with Gasteiger partial charge in [-0.2, -0.15) is 11.8 Å². The molecule has 0 saturated heterocycles. The SMILES string of the molecule is COc1cccc2c(NC(C)C(CO)SC)nccc12. The van der Waals surface area contributed by atoms with Gasteiger partial charge in [-0.15, -0.1) is 0 Å². The van der Waals surface area contributed by atoms with Crippen molar-refractivity contribution < 1.29 is 9.84 Å². The standard InChI is InChI=1S/C15H20N2O2S/c1-10(14(9-18)20-3)17-15-12-5-4-6-13(19-2)11(12)7-8-16-15/h4-8,10,14,18H,9H2,1-3H3,(H,16,17). The number of hydrogen-bond donors (Lipinski definition) is 2. The van der Waals surface area contributed by atoms with Gasteiger partial charge in [-0.05, 0) is 25.3 Å². The zero-order valence-electron chi connectivity index (χ0n) is 12.0. The van der Waals surface area contributed by atoms with E-state index in [2.05, 4.69) is 17.2 Å². The van der Waals surface area contributed by atoms with Gasteiger partial charge in [-0.1, -0.05) is 12.1 Å². The highest BCUT2D eigenvalue weighted by Crippen LogP contribution is 2.29. The maximum atomic E-state index is 9.37. The Labute approximate surface area is 123 Å². The van der Waals surface area contributed by atoms with Crippen molar-refractivity contribution in [1.29, 1.82) is 0 Å². The molecule has 20 heavy (non-hydrogen) atoms. The summed E-state index contributed by atoms with van der Waals surface area (Å²) < 4.78 is 5.38. The summed E-state index contributed by atoms with van der Waals surface area (Å²) in [5.74, 6) is 1.66.